The molecular formula is C16H23Cl2FN2. The van der Waals surface area contributed by atoms with Crippen LogP contribution in [0.5, 0.6) is 0 Å². The molecule has 2 unspecified atom stereocenters. The molecule has 1 heterocycles. The van der Waals surface area contributed by atoms with Crippen molar-refractivity contribution >= 4 is 28.9 Å². The van der Waals surface area contributed by atoms with Gasteiger partial charge in [0, 0.05) is 30.9 Å². The summed E-state index contributed by atoms with van der Waals surface area (Å²) >= 11 is 11.9. The monoisotopic (exact) mass is 332 g/mol. The van der Waals surface area contributed by atoms with E-state index in [0.717, 1.165) is 31.6 Å². The van der Waals surface area contributed by atoms with Gasteiger partial charge in [0.05, 0.1) is 10.0 Å². The van der Waals surface area contributed by atoms with Gasteiger partial charge in [-0.25, -0.2) is 4.39 Å². The molecule has 0 aliphatic carbocycles. The molecule has 0 bridgehead atoms. The van der Waals surface area contributed by atoms with E-state index in [4.69, 9.17) is 23.2 Å². The van der Waals surface area contributed by atoms with Crippen LogP contribution >= 0.6 is 23.2 Å². The lowest BCUT2D eigenvalue weighted by molar-refractivity contribution is 0.343. The Morgan fingerprint density at radius 3 is 2.48 bits per heavy atom. The number of hydrogen-bond acceptors (Lipinski definition) is 2. The summed E-state index contributed by atoms with van der Waals surface area (Å²) in [6.45, 7) is 8.44. The van der Waals surface area contributed by atoms with Crippen LogP contribution in [-0.4, -0.2) is 25.2 Å². The summed E-state index contributed by atoms with van der Waals surface area (Å²) in [5, 5.41) is 3.79. The van der Waals surface area contributed by atoms with Crippen LogP contribution in [0.1, 0.15) is 33.6 Å². The van der Waals surface area contributed by atoms with Crippen molar-refractivity contribution in [3.63, 3.8) is 0 Å². The second-order valence-electron chi connectivity index (χ2n) is 6.17. The zero-order chi connectivity index (χ0) is 15.6. The van der Waals surface area contributed by atoms with Crippen molar-refractivity contribution in [2.45, 2.75) is 45.7 Å². The molecule has 21 heavy (non-hydrogen) atoms. The van der Waals surface area contributed by atoms with Crippen LogP contribution < -0.4 is 10.2 Å². The van der Waals surface area contributed by atoms with Crippen LogP contribution in [0.3, 0.4) is 0 Å². The molecule has 1 aliphatic rings. The lowest BCUT2D eigenvalue weighted by Gasteiger charge is -2.42. The second kappa shape index (κ2) is 7.17. The van der Waals surface area contributed by atoms with Crippen LogP contribution in [0.2, 0.25) is 10.0 Å². The molecule has 2 rings (SSSR count). The van der Waals surface area contributed by atoms with Gasteiger partial charge in [-0.05, 0) is 30.9 Å². The molecule has 0 amide bonds. The third-order valence-electron chi connectivity index (χ3n) is 4.03. The average molecular weight is 333 g/mol. The van der Waals surface area contributed by atoms with Gasteiger partial charge in [-0.2, -0.15) is 0 Å². The predicted molar refractivity (Wildman–Crippen MR) is 89.1 cm³/mol. The first-order chi connectivity index (χ1) is 9.92. The minimum atomic E-state index is -0.538. The maximum atomic E-state index is 13.6. The fourth-order valence-corrected chi connectivity index (χ4v) is 3.46. The van der Waals surface area contributed by atoms with Crippen molar-refractivity contribution < 1.29 is 4.39 Å². The van der Waals surface area contributed by atoms with Gasteiger partial charge in [-0.1, -0.05) is 44.0 Å². The van der Waals surface area contributed by atoms with Crippen LogP contribution in [-0.2, 0) is 0 Å². The summed E-state index contributed by atoms with van der Waals surface area (Å²) < 4.78 is 13.6. The molecule has 1 saturated heterocycles. The molecule has 2 nitrogen and oxygen atoms in total. The Balaban J connectivity index is 2.24. The molecule has 1 N–H and O–H groups in total. The number of piperazine rings is 1. The molecule has 1 fully saturated rings. The average Bonchev–Trinajstić information content (AvgIpc) is 2.43. The Hall–Kier alpha value is -0.510. The summed E-state index contributed by atoms with van der Waals surface area (Å²) in [6, 6.07) is 4.19. The molecule has 118 valence electrons. The number of nitrogens with zero attached hydrogens (tertiary/aromatic N) is 1. The summed E-state index contributed by atoms with van der Waals surface area (Å²) in [5.74, 6) is 0.104. The minimum Gasteiger partial charge on any atom is -0.366 e. The van der Waals surface area contributed by atoms with Gasteiger partial charge in [-0.15, -0.1) is 0 Å². The van der Waals surface area contributed by atoms with Gasteiger partial charge in [0.25, 0.3) is 0 Å². The highest BCUT2D eigenvalue weighted by atomic mass is 35.5. The van der Waals surface area contributed by atoms with Crippen molar-refractivity contribution in [2.75, 3.05) is 18.0 Å². The van der Waals surface area contributed by atoms with E-state index in [-0.39, 0.29) is 10.0 Å². The molecule has 2 atom stereocenters. The molecule has 0 saturated carbocycles. The highest BCUT2D eigenvalue weighted by Crippen LogP contribution is 2.32. The fraction of sp³-hybridized carbons (Fsp3) is 0.625. The van der Waals surface area contributed by atoms with E-state index in [9.17, 15) is 4.39 Å². The molecule has 1 aromatic carbocycles. The number of nitrogens with one attached hydrogen (secondary N) is 1. The van der Waals surface area contributed by atoms with Crippen LogP contribution in [0, 0.1) is 11.7 Å². The Morgan fingerprint density at radius 1 is 1.33 bits per heavy atom. The van der Waals surface area contributed by atoms with E-state index >= 15 is 0 Å². The highest BCUT2D eigenvalue weighted by Gasteiger charge is 2.28. The van der Waals surface area contributed by atoms with Gasteiger partial charge >= 0.3 is 0 Å². The molecule has 0 radical (unpaired) electrons. The van der Waals surface area contributed by atoms with E-state index in [1.54, 1.807) is 12.1 Å². The maximum absolute atomic E-state index is 13.6. The largest absolute Gasteiger partial charge is 0.366 e. The molecule has 5 heteroatoms. The van der Waals surface area contributed by atoms with Gasteiger partial charge in [0.15, 0.2) is 5.82 Å². The van der Waals surface area contributed by atoms with E-state index < -0.39 is 5.82 Å². The van der Waals surface area contributed by atoms with Crippen molar-refractivity contribution in [2.24, 2.45) is 5.92 Å². The summed E-state index contributed by atoms with van der Waals surface area (Å²) in [7, 11) is 0. The summed E-state index contributed by atoms with van der Waals surface area (Å²) in [4.78, 5) is 2.31. The van der Waals surface area contributed by atoms with Gasteiger partial charge in [0.2, 0.25) is 0 Å². The van der Waals surface area contributed by atoms with E-state index in [0.29, 0.717) is 18.0 Å². The SMILES string of the molecule is CCC1CNC(CC(C)C)CN1c1cc(Cl)c(F)c(Cl)c1. The summed E-state index contributed by atoms with van der Waals surface area (Å²) in [6.07, 6.45) is 2.14. The Kier molecular flexibility index (Phi) is 5.75. The van der Waals surface area contributed by atoms with Crippen molar-refractivity contribution in [3.05, 3.63) is 28.0 Å². The highest BCUT2D eigenvalue weighted by molar-refractivity contribution is 6.35. The van der Waals surface area contributed by atoms with E-state index in [1.807, 2.05) is 0 Å². The Labute approximate surface area is 136 Å². The molecule has 0 aromatic heterocycles. The van der Waals surface area contributed by atoms with E-state index in [2.05, 4.69) is 31.0 Å². The third-order valence-corrected chi connectivity index (χ3v) is 4.58. The standard InChI is InChI=1S/C16H23Cl2FN2/c1-4-12-8-20-11(5-10(2)3)9-21(12)13-6-14(17)16(19)15(18)7-13/h6-7,10-12,20H,4-5,8-9H2,1-3H3. The van der Waals surface area contributed by atoms with Gasteiger partial charge in [0.1, 0.15) is 0 Å². The second-order valence-corrected chi connectivity index (χ2v) is 6.99. The van der Waals surface area contributed by atoms with Crippen molar-refractivity contribution in [1.29, 1.82) is 0 Å². The van der Waals surface area contributed by atoms with Crippen LogP contribution in [0.25, 0.3) is 0 Å². The predicted octanol–water partition coefficient (Wildman–Crippen LogP) is 4.74. The third kappa shape index (κ3) is 4.02. The number of benzene rings is 1. The molecular weight excluding hydrogens is 310 g/mol. The summed E-state index contributed by atoms with van der Waals surface area (Å²) in [5.41, 5.74) is 0.911. The number of halogens is 3. The first kappa shape index (κ1) is 16.9. The van der Waals surface area contributed by atoms with E-state index in [1.165, 1.54) is 0 Å². The minimum absolute atomic E-state index is 0.0892. The van der Waals surface area contributed by atoms with Gasteiger partial charge in [-0.3, -0.25) is 0 Å². The van der Waals surface area contributed by atoms with Crippen LogP contribution in [0.15, 0.2) is 12.1 Å². The number of rotatable bonds is 4. The first-order valence-electron chi connectivity index (χ1n) is 7.56. The van der Waals surface area contributed by atoms with Crippen molar-refractivity contribution in [1.82, 2.24) is 5.32 Å². The van der Waals surface area contributed by atoms with Crippen molar-refractivity contribution in [3.8, 4) is 0 Å². The quantitative estimate of drug-likeness (QED) is 0.801. The molecule has 1 aliphatic heterocycles. The fourth-order valence-electron chi connectivity index (χ4n) is 2.98. The zero-order valence-corrected chi connectivity index (χ0v) is 14.3. The number of hydrogen-bond donors (Lipinski definition) is 1. The molecule has 0 spiro atoms. The first-order valence-corrected chi connectivity index (χ1v) is 8.32. The lowest BCUT2D eigenvalue weighted by Crippen LogP contribution is -2.56. The van der Waals surface area contributed by atoms with Crippen LogP contribution in [0.4, 0.5) is 10.1 Å². The Morgan fingerprint density at radius 2 is 1.95 bits per heavy atom. The normalized spacial score (nSPS) is 22.9. The Bertz CT molecular complexity index is 470. The van der Waals surface area contributed by atoms with Gasteiger partial charge < -0.3 is 10.2 Å². The molecule has 1 aromatic rings. The topological polar surface area (TPSA) is 15.3 Å². The zero-order valence-electron chi connectivity index (χ0n) is 12.8. The maximum Gasteiger partial charge on any atom is 0.160 e. The smallest absolute Gasteiger partial charge is 0.160 e. The lowest BCUT2D eigenvalue weighted by atomic mass is 9.98. The number of anilines is 1.